The van der Waals surface area contributed by atoms with Gasteiger partial charge in [-0.1, -0.05) is 83.4 Å². The lowest BCUT2D eigenvalue weighted by molar-refractivity contribution is 0.1000. The Labute approximate surface area is 239 Å². The Bertz CT molecular complexity index is 1310. The van der Waals surface area contributed by atoms with Gasteiger partial charge >= 0.3 is 6.03 Å². The first-order valence-electron chi connectivity index (χ1n) is 14.6. The molecule has 2 atom stereocenters. The quantitative estimate of drug-likeness (QED) is 0.260. The van der Waals surface area contributed by atoms with E-state index >= 15 is 0 Å². The summed E-state index contributed by atoms with van der Waals surface area (Å²) < 4.78 is 0. The predicted molar refractivity (Wildman–Crippen MR) is 161 cm³/mol. The van der Waals surface area contributed by atoms with Gasteiger partial charge in [0.25, 0.3) is 0 Å². The Morgan fingerprint density at radius 1 is 0.925 bits per heavy atom. The molecule has 1 heterocycles. The van der Waals surface area contributed by atoms with Gasteiger partial charge in [0, 0.05) is 29.8 Å². The largest absolute Gasteiger partial charge is 0.366 e. The van der Waals surface area contributed by atoms with Gasteiger partial charge < -0.3 is 16.8 Å². The highest BCUT2D eigenvalue weighted by Gasteiger charge is 2.48. The monoisotopic (exact) mass is 540 g/mol. The molecule has 0 spiro atoms. The van der Waals surface area contributed by atoms with E-state index in [9.17, 15) is 9.59 Å². The van der Waals surface area contributed by atoms with E-state index in [0.717, 1.165) is 42.5 Å². The first kappa shape index (κ1) is 29.3. The molecule has 1 aliphatic rings. The van der Waals surface area contributed by atoms with Gasteiger partial charge in [-0.05, 0) is 77.1 Å². The van der Waals surface area contributed by atoms with Crippen molar-refractivity contribution in [1.29, 1.82) is 0 Å². The standard InChI is InChI=1S/C34H44N4O2/c1-22(2)26-16-17-29(28(20-26)23(3)4)34(38-33(36)40,21-24-11-10-14-27(19-24)32(35)39)31(25-12-6-5-7-13-25)30-15-8-9-18-37-30/h8-11,14-20,22-23,25,31H,5-7,12-13,21H2,1-4H3,(H2,35,39)(H3,36,38,40). The first-order valence-corrected chi connectivity index (χ1v) is 14.6. The maximum absolute atomic E-state index is 13.0. The molecule has 4 rings (SSSR count). The zero-order valence-electron chi connectivity index (χ0n) is 24.3. The Morgan fingerprint density at radius 3 is 2.27 bits per heavy atom. The molecule has 2 aromatic carbocycles. The summed E-state index contributed by atoms with van der Waals surface area (Å²) in [4.78, 5) is 30.1. The van der Waals surface area contributed by atoms with E-state index in [1.165, 1.54) is 17.5 Å². The Hall–Kier alpha value is -3.67. The third kappa shape index (κ3) is 6.38. The van der Waals surface area contributed by atoms with Crippen molar-refractivity contribution < 1.29 is 9.59 Å². The van der Waals surface area contributed by atoms with E-state index in [2.05, 4.69) is 57.3 Å². The normalized spacial score (nSPS) is 16.4. The number of nitrogens with one attached hydrogen (secondary N) is 1. The van der Waals surface area contributed by atoms with Crippen LogP contribution in [-0.4, -0.2) is 16.9 Å². The number of benzene rings is 2. The highest BCUT2D eigenvalue weighted by Crippen LogP contribution is 2.50. The molecule has 40 heavy (non-hydrogen) atoms. The number of amides is 3. The summed E-state index contributed by atoms with van der Waals surface area (Å²) in [5.41, 5.74) is 16.6. The maximum Gasteiger partial charge on any atom is 0.312 e. The number of primary amides is 2. The van der Waals surface area contributed by atoms with E-state index in [0.29, 0.717) is 23.8 Å². The molecule has 6 nitrogen and oxygen atoms in total. The van der Waals surface area contributed by atoms with Crippen LogP contribution in [0.4, 0.5) is 4.79 Å². The third-order valence-electron chi connectivity index (χ3n) is 8.54. The van der Waals surface area contributed by atoms with Crippen LogP contribution < -0.4 is 16.8 Å². The van der Waals surface area contributed by atoms with E-state index in [1.54, 1.807) is 6.07 Å². The van der Waals surface area contributed by atoms with Crippen molar-refractivity contribution in [2.24, 2.45) is 17.4 Å². The molecule has 0 aliphatic heterocycles. The lowest BCUT2D eigenvalue weighted by atomic mass is 9.62. The molecule has 1 aliphatic carbocycles. The number of nitrogens with zero attached hydrogens (tertiary/aromatic N) is 1. The Balaban J connectivity index is 2.07. The molecule has 6 heteroatoms. The van der Waals surface area contributed by atoms with E-state index < -0.39 is 17.5 Å². The maximum atomic E-state index is 13.0. The van der Waals surface area contributed by atoms with Crippen molar-refractivity contribution in [1.82, 2.24) is 10.3 Å². The molecule has 212 valence electrons. The van der Waals surface area contributed by atoms with Crippen LogP contribution >= 0.6 is 0 Å². The number of hydrogen-bond acceptors (Lipinski definition) is 3. The zero-order valence-corrected chi connectivity index (χ0v) is 24.3. The minimum absolute atomic E-state index is 0.138. The van der Waals surface area contributed by atoms with Crippen LogP contribution in [0.3, 0.4) is 0 Å². The molecule has 3 aromatic rings. The molecule has 2 unspecified atom stereocenters. The van der Waals surface area contributed by atoms with Crippen molar-refractivity contribution in [3.8, 4) is 0 Å². The Morgan fingerprint density at radius 2 is 1.68 bits per heavy atom. The number of rotatable bonds is 10. The molecular weight excluding hydrogens is 496 g/mol. The molecule has 3 amide bonds. The topological polar surface area (TPSA) is 111 Å². The smallest absolute Gasteiger partial charge is 0.312 e. The minimum atomic E-state index is -0.909. The fraction of sp³-hybridized carbons (Fsp3) is 0.441. The summed E-state index contributed by atoms with van der Waals surface area (Å²) in [6, 6.07) is 19.5. The lowest BCUT2D eigenvalue weighted by Gasteiger charge is -2.47. The van der Waals surface area contributed by atoms with Crippen molar-refractivity contribution in [2.45, 2.75) is 89.5 Å². The summed E-state index contributed by atoms with van der Waals surface area (Å²) in [5.74, 6) is 0.242. The fourth-order valence-electron chi connectivity index (χ4n) is 6.69. The van der Waals surface area contributed by atoms with Gasteiger partial charge in [-0.3, -0.25) is 9.78 Å². The summed E-state index contributed by atoms with van der Waals surface area (Å²) in [6.45, 7) is 8.79. The molecule has 0 radical (unpaired) electrons. The number of carbonyl (C=O) groups is 2. The molecule has 5 N–H and O–H groups in total. The number of aromatic nitrogens is 1. The number of hydrogen-bond donors (Lipinski definition) is 3. The summed E-state index contributed by atoms with van der Waals surface area (Å²) in [6.07, 6.45) is 7.86. The van der Waals surface area contributed by atoms with Crippen LogP contribution in [0.1, 0.15) is 116 Å². The van der Waals surface area contributed by atoms with Crippen LogP contribution in [0.2, 0.25) is 0 Å². The van der Waals surface area contributed by atoms with Crippen LogP contribution in [0.25, 0.3) is 0 Å². The van der Waals surface area contributed by atoms with E-state index in [1.807, 2.05) is 36.5 Å². The van der Waals surface area contributed by atoms with Gasteiger partial charge in [-0.2, -0.15) is 0 Å². The number of pyridine rings is 1. The van der Waals surface area contributed by atoms with Crippen molar-refractivity contribution in [3.63, 3.8) is 0 Å². The minimum Gasteiger partial charge on any atom is -0.366 e. The SMILES string of the molecule is CC(C)c1ccc(C(Cc2cccc(C(N)=O)c2)(NC(N)=O)C(c2ccccn2)C2CCCCC2)c(C(C)C)c1. The van der Waals surface area contributed by atoms with Gasteiger partial charge in [0.2, 0.25) is 5.91 Å². The number of carbonyl (C=O) groups excluding carboxylic acids is 2. The number of urea groups is 1. The lowest BCUT2D eigenvalue weighted by Crippen LogP contribution is -2.56. The van der Waals surface area contributed by atoms with Crippen molar-refractivity contribution in [2.75, 3.05) is 0 Å². The molecule has 0 saturated heterocycles. The second kappa shape index (κ2) is 12.7. The van der Waals surface area contributed by atoms with Crippen LogP contribution in [0.15, 0.2) is 66.9 Å². The van der Waals surface area contributed by atoms with Crippen molar-refractivity contribution in [3.05, 3.63) is 100 Å². The highest BCUT2D eigenvalue weighted by atomic mass is 16.2. The van der Waals surface area contributed by atoms with Gasteiger partial charge in [-0.25, -0.2) is 4.79 Å². The highest BCUT2D eigenvalue weighted by molar-refractivity contribution is 5.92. The van der Waals surface area contributed by atoms with E-state index in [-0.39, 0.29) is 11.8 Å². The predicted octanol–water partition coefficient (Wildman–Crippen LogP) is 6.90. The van der Waals surface area contributed by atoms with Crippen molar-refractivity contribution >= 4 is 11.9 Å². The fourth-order valence-corrected chi connectivity index (χ4v) is 6.69. The summed E-state index contributed by atoms with van der Waals surface area (Å²) in [5, 5.41) is 3.33. The average Bonchev–Trinajstić information content (AvgIpc) is 2.93. The van der Waals surface area contributed by atoms with Gasteiger partial charge in [0.15, 0.2) is 0 Å². The summed E-state index contributed by atoms with van der Waals surface area (Å²) in [7, 11) is 0. The molecule has 1 saturated carbocycles. The van der Waals surface area contributed by atoms with Gasteiger partial charge in [0.05, 0.1) is 5.54 Å². The zero-order chi connectivity index (χ0) is 28.9. The molecular formula is C34H44N4O2. The first-order chi connectivity index (χ1) is 19.1. The van der Waals surface area contributed by atoms with E-state index in [4.69, 9.17) is 16.5 Å². The summed E-state index contributed by atoms with van der Waals surface area (Å²) >= 11 is 0. The number of nitrogens with two attached hydrogens (primary N) is 2. The molecule has 1 fully saturated rings. The van der Waals surface area contributed by atoms with Gasteiger partial charge in [-0.15, -0.1) is 0 Å². The van der Waals surface area contributed by atoms with Gasteiger partial charge in [0.1, 0.15) is 0 Å². The Kier molecular flexibility index (Phi) is 9.28. The van der Waals surface area contributed by atoms with Crippen LogP contribution in [0, 0.1) is 5.92 Å². The van der Waals surface area contributed by atoms with Crippen LogP contribution in [-0.2, 0) is 12.0 Å². The average molecular weight is 541 g/mol. The molecule has 0 bridgehead atoms. The molecule has 1 aromatic heterocycles. The second-order valence-electron chi connectivity index (χ2n) is 12.0. The van der Waals surface area contributed by atoms with Crippen LogP contribution in [0.5, 0.6) is 0 Å². The third-order valence-corrected chi connectivity index (χ3v) is 8.54. The second-order valence-corrected chi connectivity index (χ2v) is 12.0.